The third kappa shape index (κ3) is 2.83. The molecule has 2 rings (SSSR count). The van der Waals surface area contributed by atoms with Gasteiger partial charge in [-0.2, -0.15) is 0 Å². The van der Waals surface area contributed by atoms with Gasteiger partial charge in [-0.25, -0.2) is 4.98 Å². The Labute approximate surface area is 102 Å². The van der Waals surface area contributed by atoms with Crippen molar-refractivity contribution in [3.63, 3.8) is 0 Å². The zero-order chi connectivity index (χ0) is 11.5. The van der Waals surface area contributed by atoms with Gasteiger partial charge in [0, 0.05) is 23.5 Å². The summed E-state index contributed by atoms with van der Waals surface area (Å²) in [6, 6.07) is 0.695. The lowest BCUT2D eigenvalue weighted by atomic mass is 9.77. The highest BCUT2D eigenvalue weighted by molar-refractivity contribution is 7.09. The summed E-state index contributed by atoms with van der Waals surface area (Å²) < 4.78 is 0. The summed E-state index contributed by atoms with van der Waals surface area (Å²) in [7, 11) is 2.10. The van der Waals surface area contributed by atoms with E-state index >= 15 is 0 Å². The molecule has 1 aliphatic carbocycles. The van der Waals surface area contributed by atoms with E-state index in [0.717, 1.165) is 18.3 Å². The standard InChI is InChI=1S/C13H22N2S/c1-9-4-5-12(14-3)11(6-9)7-13-15-10(2)8-16-13/h8-9,11-12,14H,4-7H2,1-3H3. The maximum Gasteiger partial charge on any atom is 0.0931 e. The normalized spacial score (nSPS) is 30.6. The monoisotopic (exact) mass is 238 g/mol. The Morgan fingerprint density at radius 2 is 2.31 bits per heavy atom. The highest BCUT2D eigenvalue weighted by Gasteiger charge is 2.28. The van der Waals surface area contributed by atoms with Crippen LogP contribution < -0.4 is 5.32 Å². The maximum absolute atomic E-state index is 4.59. The predicted octanol–water partition coefficient (Wildman–Crippen LogP) is 3.02. The molecule has 1 aromatic heterocycles. The van der Waals surface area contributed by atoms with Crippen LogP contribution in [0.15, 0.2) is 5.38 Å². The fraction of sp³-hybridized carbons (Fsp3) is 0.769. The Morgan fingerprint density at radius 3 is 2.94 bits per heavy atom. The van der Waals surface area contributed by atoms with E-state index in [-0.39, 0.29) is 0 Å². The molecule has 90 valence electrons. The summed E-state index contributed by atoms with van der Waals surface area (Å²) in [5, 5.41) is 6.96. The SMILES string of the molecule is CNC1CCC(C)CC1Cc1nc(C)cs1. The Kier molecular flexibility index (Phi) is 3.98. The first kappa shape index (κ1) is 12.1. The van der Waals surface area contributed by atoms with Crippen LogP contribution in [0.4, 0.5) is 0 Å². The van der Waals surface area contributed by atoms with Crippen molar-refractivity contribution in [2.24, 2.45) is 11.8 Å². The summed E-state index contributed by atoms with van der Waals surface area (Å²) in [5.74, 6) is 1.66. The molecule has 1 saturated carbocycles. The molecule has 0 aromatic carbocycles. The number of hydrogen-bond acceptors (Lipinski definition) is 3. The van der Waals surface area contributed by atoms with Crippen molar-refractivity contribution < 1.29 is 0 Å². The van der Waals surface area contributed by atoms with Gasteiger partial charge in [-0.05, 0) is 45.1 Å². The molecule has 1 N–H and O–H groups in total. The van der Waals surface area contributed by atoms with Gasteiger partial charge in [0.15, 0.2) is 0 Å². The van der Waals surface area contributed by atoms with E-state index in [4.69, 9.17) is 0 Å². The van der Waals surface area contributed by atoms with Gasteiger partial charge in [0.25, 0.3) is 0 Å². The quantitative estimate of drug-likeness (QED) is 0.875. The minimum Gasteiger partial charge on any atom is -0.317 e. The summed E-state index contributed by atoms with van der Waals surface area (Å²) in [4.78, 5) is 4.59. The Hall–Kier alpha value is -0.410. The maximum atomic E-state index is 4.59. The van der Waals surface area contributed by atoms with E-state index in [1.54, 1.807) is 0 Å². The molecule has 2 nitrogen and oxygen atoms in total. The molecule has 3 heteroatoms. The lowest BCUT2D eigenvalue weighted by Crippen LogP contribution is -2.39. The van der Waals surface area contributed by atoms with E-state index in [1.165, 1.54) is 30.0 Å². The first-order valence-corrected chi connectivity index (χ1v) is 7.15. The van der Waals surface area contributed by atoms with Crippen LogP contribution in [0.2, 0.25) is 0 Å². The molecule has 1 aromatic rings. The van der Waals surface area contributed by atoms with E-state index < -0.39 is 0 Å². The largest absolute Gasteiger partial charge is 0.317 e. The zero-order valence-corrected chi connectivity index (χ0v) is 11.3. The third-order valence-corrected chi connectivity index (χ3v) is 4.71. The van der Waals surface area contributed by atoms with Crippen LogP contribution >= 0.6 is 11.3 Å². The second-order valence-electron chi connectivity index (χ2n) is 5.16. The lowest BCUT2D eigenvalue weighted by molar-refractivity contribution is 0.220. The smallest absolute Gasteiger partial charge is 0.0931 e. The molecular formula is C13H22N2S. The molecule has 1 aliphatic rings. The lowest BCUT2D eigenvalue weighted by Gasteiger charge is -2.34. The van der Waals surface area contributed by atoms with Crippen LogP contribution in [0.25, 0.3) is 0 Å². The van der Waals surface area contributed by atoms with Gasteiger partial charge >= 0.3 is 0 Å². The Morgan fingerprint density at radius 1 is 1.50 bits per heavy atom. The van der Waals surface area contributed by atoms with Crippen LogP contribution in [-0.4, -0.2) is 18.1 Å². The zero-order valence-electron chi connectivity index (χ0n) is 10.5. The van der Waals surface area contributed by atoms with Crippen LogP contribution in [0.1, 0.15) is 36.9 Å². The molecule has 1 fully saturated rings. The summed E-state index contributed by atoms with van der Waals surface area (Å²) >= 11 is 1.82. The molecule has 0 aliphatic heterocycles. The van der Waals surface area contributed by atoms with Gasteiger partial charge < -0.3 is 5.32 Å². The molecule has 1 heterocycles. The minimum absolute atomic E-state index is 0.695. The van der Waals surface area contributed by atoms with Crippen molar-refractivity contribution in [1.82, 2.24) is 10.3 Å². The van der Waals surface area contributed by atoms with Gasteiger partial charge in [0.1, 0.15) is 0 Å². The van der Waals surface area contributed by atoms with Crippen molar-refractivity contribution in [2.45, 2.75) is 45.6 Å². The molecule has 0 saturated heterocycles. The van der Waals surface area contributed by atoms with Crippen molar-refractivity contribution >= 4 is 11.3 Å². The number of hydrogen-bond donors (Lipinski definition) is 1. The van der Waals surface area contributed by atoms with Crippen molar-refractivity contribution in [3.05, 3.63) is 16.1 Å². The van der Waals surface area contributed by atoms with Gasteiger partial charge in [-0.15, -0.1) is 11.3 Å². The second-order valence-corrected chi connectivity index (χ2v) is 6.10. The van der Waals surface area contributed by atoms with Crippen LogP contribution in [-0.2, 0) is 6.42 Å². The fourth-order valence-corrected chi connectivity index (χ4v) is 3.69. The molecular weight excluding hydrogens is 216 g/mol. The van der Waals surface area contributed by atoms with Crippen LogP contribution in [0, 0.1) is 18.8 Å². The van der Waals surface area contributed by atoms with Crippen molar-refractivity contribution in [1.29, 1.82) is 0 Å². The van der Waals surface area contributed by atoms with E-state index in [1.807, 2.05) is 11.3 Å². The van der Waals surface area contributed by atoms with Gasteiger partial charge in [0.05, 0.1) is 5.01 Å². The van der Waals surface area contributed by atoms with Gasteiger partial charge in [-0.3, -0.25) is 0 Å². The first-order chi connectivity index (χ1) is 7.69. The number of rotatable bonds is 3. The second kappa shape index (κ2) is 5.28. The number of thiazole rings is 1. The van der Waals surface area contributed by atoms with E-state index in [0.29, 0.717) is 6.04 Å². The average Bonchev–Trinajstić information content (AvgIpc) is 2.64. The molecule has 0 bridgehead atoms. The highest BCUT2D eigenvalue weighted by atomic mass is 32.1. The Bertz CT molecular complexity index is 334. The van der Waals surface area contributed by atoms with Crippen LogP contribution in [0.5, 0.6) is 0 Å². The first-order valence-electron chi connectivity index (χ1n) is 6.27. The molecule has 16 heavy (non-hydrogen) atoms. The fourth-order valence-electron chi connectivity index (χ4n) is 2.83. The van der Waals surface area contributed by atoms with E-state index in [9.17, 15) is 0 Å². The highest BCUT2D eigenvalue weighted by Crippen LogP contribution is 2.31. The Balaban J connectivity index is 2.00. The van der Waals surface area contributed by atoms with E-state index in [2.05, 4.69) is 36.6 Å². The van der Waals surface area contributed by atoms with Gasteiger partial charge in [-0.1, -0.05) is 6.92 Å². The molecule has 3 unspecified atom stereocenters. The molecule has 0 spiro atoms. The van der Waals surface area contributed by atoms with Crippen molar-refractivity contribution in [3.8, 4) is 0 Å². The number of aromatic nitrogens is 1. The average molecular weight is 238 g/mol. The number of nitrogens with zero attached hydrogens (tertiary/aromatic N) is 1. The number of nitrogens with one attached hydrogen (secondary N) is 1. The topological polar surface area (TPSA) is 24.9 Å². The molecule has 0 amide bonds. The van der Waals surface area contributed by atoms with Gasteiger partial charge in [0.2, 0.25) is 0 Å². The third-order valence-electron chi connectivity index (χ3n) is 3.72. The minimum atomic E-state index is 0.695. The van der Waals surface area contributed by atoms with Crippen LogP contribution in [0.3, 0.4) is 0 Å². The van der Waals surface area contributed by atoms with Crippen molar-refractivity contribution in [2.75, 3.05) is 7.05 Å². The summed E-state index contributed by atoms with van der Waals surface area (Å²) in [6.45, 7) is 4.46. The summed E-state index contributed by atoms with van der Waals surface area (Å²) in [6.07, 6.45) is 5.21. The molecule has 0 radical (unpaired) electrons. The molecule has 3 atom stereocenters. The number of aryl methyl sites for hydroxylation is 1. The summed E-state index contributed by atoms with van der Waals surface area (Å²) in [5.41, 5.74) is 1.17. The predicted molar refractivity (Wildman–Crippen MR) is 69.9 cm³/mol.